The lowest BCUT2D eigenvalue weighted by Gasteiger charge is -2.09. The van der Waals surface area contributed by atoms with Crippen LogP contribution in [0.5, 0.6) is 11.5 Å². The fourth-order valence-electron chi connectivity index (χ4n) is 1.51. The number of nitrogens with zero attached hydrogens (tertiary/aromatic N) is 2. The van der Waals surface area contributed by atoms with Gasteiger partial charge in [0.2, 0.25) is 5.75 Å². The van der Waals surface area contributed by atoms with Crippen LogP contribution < -0.4 is 10.5 Å². The van der Waals surface area contributed by atoms with Gasteiger partial charge in [-0.15, -0.1) is 0 Å². The van der Waals surface area contributed by atoms with Gasteiger partial charge in [-0.1, -0.05) is 0 Å². The van der Waals surface area contributed by atoms with Crippen LogP contribution in [0.4, 0.5) is 10.1 Å². The summed E-state index contributed by atoms with van der Waals surface area (Å²) in [6, 6.07) is 5.77. The molecule has 7 nitrogen and oxygen atoms in total. The van der Waals surface area contributed by atoms with E-state index in [4.69, 9.17) is 15.9 Å². The van der Waals surface area contributed by atoms with Crippen LogP contribution in [0.15, 0.2) is 36.5 Å². The molecule has 0 unspecified atom stereocenters. The number of benzene rings is 1. The Morgan fingerprint density at radius 3 is 2.80 bits per heavy atom. The molecule has 0 saturated heterocycles. The highest BCUT2D eigenvalue weighted by Crippen LogP contribution is 2.32. The Hall–Kier alpha value is -3.03. The first-order chi connectivity index (χ1) is 9.49. The van der Waals surface area contributed by atoms with E-state index in [1.165, 1.54) is 18.3 Å². The van der Waals surface area contributed by atoms with E-state index in [-0.39, 0.29) is 23.0 Å². The topological polar surface area (TPSA) is 115 Å². The lowest BCUT2D eigenvalue weighted by atomic mass is 10.2. The molecule has 0 fully saturated rings. The van der Waals surface area contributed by atoms with Crippen LogP contribution in [-0.4, -0.2) is 15.7 Å². The molecule has 0 radical (unpaired) electrons. The summed E-state index contributed by atoms with van der Waals surface area (Å²) in [7, 11) is 0. The number of hydrogen-bond acceptors (Lipinski definition) is 5. The van der Waals surface area contributed by atoms with Gasteiger partial charge in [-0.3, -0.25) is 15.5 Å². The molecule has 0 aliphatic heterocycles. The Bertz CT molecular complexity index is 690. The molecule has 1 heterocycles. The quantitative estimate of drug-likeness (QED) is 0.384. The minimum absolute atomic E-state index is 0.0195. The van der Waals surface area contributed by atoms with Crippen LogP contribution >= 0.6 is 0 Å². The zero-order valence-electron chi connectivity index (χ0n) is 10.0. The first kappa shape index (κ1) is 13.4. The van der Waals surface area contributed by atoms with Crippen molar-refractivity contribution in [3.8, 4) is 11.5 Å². The van der Waals surface area contributed by atoms with Gasteiger partial charge >= 0.3 is 5.69 Å². The van der Waals surface area contributed by atoms with Crippen molar-refractivity contribution in [2.75, 3.05) is 0 Å². The predicted molar refractivity (Wildman–Crippen MR) is 68.4 cm³/mol. The number of nitrogen functional groups attached to an aromatic ring is 1. The third kappa shape index (κ3) is 2.69. The summed E-state index contributed by atoms with van der Waals surface area (Å²) >= 11 is 0. The third-order valence-electron chi connectivity index (χ3n) is 2.36. The van der Waals surface area contributed by atoms with E-state index >= 15 is 0 Å². The maximum atomic E-state index is 13.2. The molecule has 0 saturated carbocycles. The Labute approximate surface area is 112 Å². The van der Waals surface area contributed by atoms with E-state index in [2.05, 4.69) is 4.98 Å². The average molecular weight is 276 g/mol. The molecule has 1 aromatic heterocycles. The average Bonchev–Trinajstić information content (AvgIpc) is 2.38. The highest BCUT2D eigenvalue weighted by atomic mass is 19.1. The molecule has 20 heavy (non-hydrogen) atoms. The molecule has 8 heteroatoms. The van der Waals surface area contributed by atoms with Crippen molar-refractivity contribution in [1.29, 1.82) is 5.41 Å². The molecular weight excluding hydrogens is 267 g/mol. The van der Waals surface area contributed by atoms with E-state index in [9.17, 15) is 14.5 Å². The highest BCUT2D eigenvalue weighted by Gasteiger charge is 2.18. The van der Waals surface area contributed by atoms with Gasteiger partial charge in [-0.25, -0.2) is 9.37 Å². The van der Waals surface area contributed by atoms with Gasteiger partial charge < -0.3 is 10.5 Å². The first-order valence-electron chi connectivity index (χ1n) is 5.40. The number of aromatic nitrogens is 1. The summed E-state index contributed by atoms with van der Waals surface area (Å²) in [4.78, 5) is 14.0. The van der Waals surface area contributed by atoms with Crippen LogP contribution in [0.25, 0.3) is 0 Å². The van der Waals surface area contributed by atoms with E-state index < -0.39 is 16.4 Å². The molecule has 3 N–H and O–H groups in total. The maximum absolute atomic E-state index is 13.2. The molecule has 2 rings (SSSR count). The van der Waals surface area contributed by atoms with Crippen LogP contribution in [0.2, 0.25) is 0 Å². The van der Waals surface area contributed by atoms with Crippen molar-refractivity contribution in [2.45, 2.75) is 0 Å². The Morgan fingerprint density at radius 2 is 2.15 bits per heavy atom. The molecular formula is C12H9FN4O3. The summed E-state index contributed by atoms with van der Waals surface area (Å²) in [5.41, 5.74) is 4.95. The van der Waals surface area contributed by atoms with Gasteiger partial charge in [-0.2, -0.15) is 0 Å². The van der Waals surface area contributed by atoms with E-state index in [0.717, 1.165) is 18.2 Å². The number of nitrogens with one attached hydrogen (secondary N) is 1. The molecule has 0 atom stereocenters. The Morgan fingerprint density at radius 1 is 1.40 bits per heavy atom. The van der Waals surface area contributed by atoms with Crippen LogP contribution in [0, 0.1) is 21.3 Å². The number of hydrogen-bond donors (Lipinski definition) is 2. The van der Waals surface area contributed by atoms with Gasteiger partial charge in [0, 0.05) is 18.3 Å². The normalized spacial score (nSPS) is 10.1. The second-order valence-electron chi connectivity index (χ2n) is 3.74. The maximum Gasteiger partial charge on any atom is 0.311 e. The fraction of sp³-hybridized carbons (Fsp3) is 0. The van der Waals surface area contributed by atoms with E-state index in [0.29, 0.717) is 0 Å². The van der Waals surface area contributed by atoms with Crippen molar-refractivity contribution in [1.82, 2.24) is 4.98 Å². The summed E-state index contributed by atoms with van der Waals surface area (Å²) in [5.74, 6) is -1.29. The Kier molecular flexibility index (Phi) is 3.56. The summed E-state index contributed by atoms with van der Waals surface area (Å²) in [6.07, 6.45) is 1.39. The minimum Gasteiger partial charge on any atom is -0.448 e. The molecule has 0 aliphatic rings. The third-order valence-corrected chi connectivity index (χ3v) is 2.36. The minimum atomic E-state index is -0.696. The van der Waals surface area contributed by atoms with E-state index in [1.807, 2.05) is 0 Å². The van der Waals surface area contributed by atoms with Crippen LogP contribution in [0.3, 0.4) is 0 Å². The summed E-state index contributed by atoms with van der Waals surface area (Å²) < 4.78 is 18.5. The van der Waals surface area contributed by atoms with Gasteiger partial charge in [-0.05, 0) is 18.2 Å². The molecule has 0 aliphatic carbocycles. The van der Waals surface area contributed by atoms with Crippen molar-refractivity contribution in [3.05, 3.63) is 58.2 Å². The standard InChI is InChI=1S/C12H9FN4O3/c13-7-3-4-8(17(18)19)10(6-7)20-9-2-1-5-16-11(9)12(14)15/h1-6H,(H3,14,15). The van der Waals surface area contributed by atoms with Crippen molar-refractivity contribution in [3.63, 3.8) is 0 Å². The largest absolute Gasteiger partial charge is 0.448 e. The van der Waals surface area contributed by atoms with Gasteiger partial charge in [0.15, 0.2) is 5.75 Å². The van der Waals surface area contributed by atoms with Crippen LogP contribution in [0.1, 0.15) is 5.69 Å². The monoisotopic (exact) mass is 276 g/mol. The molecule has 2 aromatic rings. The number of halogens is 1. The molecule has 102 valence electrons. The van der Waals surface area contributed by atoms with Crippen molar-refractivity contribution < 1.29 is 14.1 Å². The highest BCUT2D eigenvalue weighted by molar-refractivity contribution is 5.95. The first-order valence-corrected chi connectivity index (χ1v) is 5.40. The lowest BCUT2D eigenvalue weighted by molar-refractivity contribution is -0.385. The number of nitro benzene ring substituents is 1. The zero-order valence-corrected chi connectivity index (χ0v) is 10.0. The van der Waals surface area contributed by atoms with E-state index in [1.54, 1.807) is 0 Å². The summed E-state index contributed by atoms with van der Waals surface area (Å²) in [5, 5.41) is 18.2. The number of rotatable bonds is 4. The number of nitro groups is 1. The number of amidine groups is 1. The lowest BCUT2D eigenvalue weighted by Crippen LogP contribution is -2.14. The van der Waals surface area contributed by atoms with Gasteiger partial charge in [0.05, 0.1) is 4.92 Å². The molecule has 0 amide bonds. The molecule has 0 spiro atoms. The van der Waals surface area contributed by atoms with Crippen molar-refractivity contribution >= 4 is 11.5 Å². The second kappa shape index (κ2) is 5.31. The van der Waals surface area contributed by atoms with Crippen molar-refractivity contribution in [2.24, 2.45) is 5.73 Å². The smallest absolute Gasteiger partial charge is 0.311 e. The summed E-state index contributed by atoms with van der Waals surface area (Å²) in [6.45, 7) is 0. The molecule has 0 bridgehead atoms. The predicted octanol–water partition coefficient (Wildman–Crippen LogP) is 2.21. The Balaban J connectivity index is 2.47. The zero-order chi connectivity index (χ0) is 14.7. The number of ether oxygens (including phenoxy) is 1. The molecule has 1 aromatic carbocycles. The SMILES string of the molecule is N=C(N)c1ncccc1Oc1cc(F)ccc1[N+](=O)[O-]. The van der Waals surface area contributed by atoms with Gasteiger partial charge in [0.25, 0.3) is 0 Å². The second-order valence-corrected chi connectivity index (χ2v) is 3.74. The van der Waals surface area contributed by atoms with Crippen LogP contribution in [-0.2, 0) is 0 Å². The fourth-order valence-corrected chi connectivity index (χ4v) is 1.51. The number of nitrogens with two attached hydrogens (primary N) is 1. The van der Waals surface area contributed by atoms with Gasteiger partial charge in [0.1, 0.15) is 17.3 Å². The number of pyridine rings is 1.